The normalized spacial score (nSPS) is 17.1. The van der Waals surface area contributed by atoms with Crippen LogP contribution in [0, 0.1) is 11.8 Å². The second kappa shape index (κ2) is 15.0. The number of hydrogen-bond acceptors (Lipinski definition) is 6. The summed E-state index contributed by atoms with van der Waals surface area (Å²) in [5.74, 6) is 6.16. The molecule has 0 spiro atoms. The molecule has 0 N–H and O–H groups in total. The average molecular weight is 761 g/mol. The molecular formula is C53H40N6. The van der Waals surface area contributed by atoms with Gasteiger partial charge in [-0.2, -0.15) is 0 Å². The first-order valence-corrected chi connectivity index (χ1v) is 20.6. The van der Waals surface area contributed by atoms with Gasteiger partial charge in [0.05, 0.1) is 0 Å². The van der Waals surface area contributed by atoms with E-state index in [1.165, 1.54) is 31.2 Å². The molecule has 0 aliphatic heterocycles. The summed E-state index contributed by atoms with van der Waals surface area (Å²) in [4.78, 5) is 30.7. The maximum atomic E-state index is 5.19. The van der Waals surface area contributed by atoms with Crippen LogP contribution in [0.2, 0.25) is 0 Å². The van der Waals surface area contributed by atoms with Crippen molar-refractivity contribution in [1.82, 2.24) is 29.9 Å². The van der Waals surface area contributed by atoms with Crippen molar-refractivity contribution in [2.24, 2.45) is 11.8 Å². The SMILES string of the molecule is c1ccc(-c2ccc(-c3nc(-c4ccccc4)nc(-c4ccc(-c5nc(-c6ccccc6)nc(-c6ccc(C7CC8CCC7C8)cc6)n5)c5ccccc45)n3)cc2)cc1. The minimum atomic E-state index is 0.598. The van der Waals surface area contributed by atoms with Crippen molar-refractivity contribution < 1.29 is 0 Å². The lowest BCUT2D eigenvalue weighted by Gasteiger charge is -2.22. The van der Waals surface area contributed by atoms with E-state index < -0.39 is 0 Å². The second-order valence-electron chi connectivity index (χ2n) is 15.9. The van der Waals surface area contributed by atoms with E-state index >= 15 is 0 Å². The van der Waals surface area contributed by atoms with Crippen LogP contribution in [0.25, 0.3) is 90.2 Å². The molecule has 11 rings (SSSR count). The van der Waals surface area contributed by atoms with Gasteiger partial charge in [-0.25, -0.2) is 29.9 Å². The van der Waals surface area contributed by atoms with Crippen LogP contribution in [0.15, 0.2) is 176 Å². The van der Waals surface area contributed by atoms with Gasteiger partial charge in [0.1, 0.15) is 0 Å². The van der Waals surface area contributed by atoms with Crippen molar-refractivity contribution in [3.63, 3.8) is 0 Å². The van der Waals surface area contributed by atoms with E-state index in [1.54, 1.807) is 0 Å². The largest absolute Gasteiger partial charge is 0.208 e. The molecular weight excluding hydrogens is 721 g/mol. The van der Waals surface area contributed by atoms with Crippen LogP contribution in [0.5, 0.6) is 0 Å². The highest BCUT2D eigenvalue weighted by Crippen LogP contribution is 2.53. The molecule has 7 aromatic carbocycles. The Labute approximate surface area is 343 Å². The third-order valence-corrected chi connectivity index (χ3v) is 12.3. The van der Waals surface area contributed by atoms with E-state index in [0.717, 1.165) is 67.1 Å². The fraction of sp³-hybridized carbons (Fsp3) is 0.132. The van der Waals surface area contributed by atoms with Gasteiger partial charge in [0, 0.05) is 33.4 Å². The van der Waals surface area contributed by atoms with Gasteiger partial charge in [-0.1, -0.05) is 170 Å². The lowest BCUT2D eigenvalue weighted by Crippen LogP contribution is -2.08. The first kappa shape index (κ1) is 35.0. The van der Waals surface area contributed by atoms with Crippen molar-refractivity contribution >= 4 is 10.8 Å². The molecule has 3 atom stereocenters. The van der Waals surface area contributed by atoms with Gasteiger partial charge in [-0.15, -0.1) is 0 Å². The van der Waals surface area contributed by atoms with Crippen LogP contribution >= 0.6 is 0 Å². The highest BCUT2D eigenvalue weighted by Gasteiger charge is 2.40. The molecule has 2 saturated carbocycles. The van der Waals surface area contributed by atoms with Gasteiger partial charge >= 0.3 is 0 Å². The first-order valence-electron chi connectivity index (χ1n) is 20.6. The molecule has 2 fully saturated rings. The summed E-state index contributed by atoms with van der Waals surface area (Å²) in [6.07, 6.45) is 5.48. The molecule has 3 unspecified atom stereocenters. The molecule has 9 aromatic rings. The third kappa shape index (κ3) is 6.76. The molecule has 2 aliphatic rings. The Morgan fingerprint density at radius 1 is 0.305 bits per heavy atom. The van der Waals surface area contributed by atoms with Crippen LogP contribution < -0.4 is 0 Å². The first-order chi connectivity index (χ1) is 29.2. The molecule has 2 bridgehead atoms. The summed E-state index contributed by atoms with van der Waals surface area (Å²) < 4.78 is 0. The highest BCUT2D eigenvalue weighted by molar-refractivity contribution is 6.03. The Kier molecular flexibility index (Phi) is 8.88. The Hall–Kier alpha value is -7.18. The van der Waals surface area contributed by atoms with Crippen molar-refractivity contribution in [2.75, 3.05) is 0 Å². The minimum absolute atomic E-state index is 0.598. The van der Waals surface area contributed by atoms with Crippen molar-refractivity contribution in [3.8, 4) is 79.5 Å². The maximum Gasteiger partial charge on any atom is 0.164 e. The Morgan fingerprint density at radius 3 is 1.12 bits per heavy atom. The molecule has 282 valence electrons. The molecule has 2 aromatic heterocycles. The standard InChI is InChI=1S/C53H40N6/c1-4-12-35(13-5-1)36-22-26-40(27-23-36)50-54-48(38-14-6-2-7-15-38)56-52(58-50)45-30-31-46(44-19-11-10-18-43(44)45)53-57-49(39-16-8-3-9-17-39)55-51(59-53)41-28-24-37(25-29-41)47-33-34-20-21-42(47)32-34/h1-19,22-31,34,42,47H,20-21,32-33H2. The summed E-state index contributed by atoms with van der Waals surface area (Å²) in [7, 11) is 0. The van der Waals surface area contributed by atoms with Gasteiger partial charge in [0.2, 0.25) is 0 Å². The number of nitrogens with zero attached hydrogens (tertiary/aromatic N) is 6. The van der Waals surface area contributed by atoms with Crippen molar-refractivity contribution in [1.29, 1.82) is 0 Å². The number of fused-ring (bicyclic) bond motifs is 3. The molecule has 2 heterocycles. The average Bonchev–Trinajstić information content (AvgIpc) is 3.97. The lowest BCUT2D eigenvalue weighted by molar-refractivity contribution is 0.420. The zero-order valence-corrected chi connectivity index (χ0v) is 32.5. The predicted molar refractivity (Wildman–Crippen MR) is 237 cm³/mol. The van der Waals surface area contributed by atoms with E-state index in [0.29, 0.717) is 40.9 Å². The maximum absolute atomic E-state index is 5.19. The van der Waals surface area contributed by atoms with E-state index in [1.807, 2.05) is 54.6 Å². The predicted octanol–water partition coefficient (Wildman–Crippen LogP) is 12.8. The highest BCUT2D eigenvalue weighted by atomic mass is 15.0. The van der Waals surface area contributed by atoms with E-state index in [2.05, 4.69) is 121 Å². The molecule has 0 amide bonds. The summed E-state index contributed by atoms with van der Waals surface area (Å²) in [5.41, 5.74) is 9.34. The molecule has 0 saturated heterocycles. The van der Waals surface area contributed by atoms with Gasteiger partial charge in [-0.3, -0.25) is 0 Å². The Bertz CT molecular complexity index is 2930. The number of hydrogen-bond donors (Lipinski definition) is 0. The molecule has 6 nitrogen and oxygen atoms in total. The summed E-state index contributed by atoms with van der Waals surface area (Å²) in [5, 5.41) is 2.00. The quantitative estimate of drug-likeness (QED) is 0.153. The van der Waals surface area contributed by atoms with Crippen LogP contribution in [-0.4, -0.2) is 29.9 Å². The minimum Gasteiger partial charge on any atom is -0.208 e. The lowest BCUT2D eigenvalue weighted by atomic mass is 9.83. The fourth-order valence-electron chi connectivity index (χ4n) is 9.35. The van der Waals surface area contributed by atoms with Crippen LogP contribution in [-0.2, 0) is 0 Å². The van der Waals surface area contributed by atoms with E-state index in [-0.39, 0.29) is 0 Å². The van der Waals surface area contributed by atoms with Crippen molar-refractivity contribution in [2.45, 2.75) is 31.6 Å². The fourth-order valence-corrected chi connectivity index (χ4v) is 9.35. The third-order valence-electron chi connectivity index (χ3n) is 12.3. The zero-order valence-electron chi connectivity index (χ0n) is 32.5. The number of benzene rings is 7. The molecule has 0 radical (unpaired) electrons. The van der Waals surface area contributed by atoms with Crippen LogP contribution in [0.4, 0.5) is 0 Å². The Morgan fingerprint density at radius 2 is 0.678 bits per heavy atom. The van der Waals surface area contributed by atoms with E-state index in [9.17, 15) is 0 Å². The summed E-state index contributed by atoms with van der Waals surface area (Å²) >= 11 is 0. The number of aromatic nitrogens is 6. The van der Waals surface area contributed by atoms with Gasteiger partial charge in [0.25, 0.3) is 0 Å². The van der Waals surface area contributed by atoms with Crippen molar-refractivity contribution in [3.05, 3.63) is 181 Å². The van der Waals surface area contributed by atoms with Gasteiger partial charge in [-0.05, 0) is 76.6 Å². The van der Waals surface area contributed by atoms with Gasteiger partial charge < -0.3 is 0 Å². The summed E-state index contributed by atoms with van der Waals surface area (Å²) in [6.45, 7) is 0. The summed E-state index contributed by atoms with van der Waals surface area (Å²) in [6, 6.07) is 60.7. The van der Waals surface area contributed by atoms with Crippen LogP contribution in [0.3, 0.4) is 0 Å². The second-order valence-corrected chi connectivity index (χ2v) is 15.9. The molecule has 59 heavy (non-hydrogen) atoms. The molecule has 2 aliphatic carbocycles. The van der Waals surface area contributed by atoms with Gasteiger partial charge in [0.15, 0.2) is 34.9 Å². The topological polar surface area (TPSA) is 77.3 Å². The monoisotopic (exact) mass is 760 g/mol. The van der Waals surface area contributed by atoms with E-state index in [4.69, 9.17) is 29.9 Å². The Balaban J connectivity index is 1.02. The smallest absolute Gasteiger partial charge is 0.164 e. The number of rotatable bonds is 8. The molecule has 6 heteroatoms. The van der Waals surface area contributed by atoms with Crippen LogP contribution in [0.1, 0.15) is 37.2 Å². The zero-order chi connectivity index (χ0) is 39.1.